The standard InChI is InChI=1S/C19H24N2O4/c1-10-7-6-8-15(12(10)3)18(19(23)24)20-16(22)9-11(2)17-13(4)21-25-14(17)5/h6-8,11,18H,9H2,1-5H3,(H,20,22)(H,23,24). The Bertz CT molecular complexity index is 775. The summed E-state index contributed by atoms with van der Waals surface area (Å²) in [6.45, 7) is 9.31. The maximum absolute atomic E-state index is 12.4. The molecule has 2 aromatic rings. The van der Waals surface area contributed by atoms with Crippen molar-refractivity contribution in [3.63, 3.8) is 0 Å². The average molecular weight is 344 g/mol. The van der Waals surface area contributed by atoms with E-state index < -0.39 is 12.0 Å². The molecule has 6 nitrogen and oxygen atoms in total. The molecule has 0 bridgehead atoms. The summed E-state index contributed by atoms with van der Waals surface area (Å²) in [6.07, 6.45) is 0.164. The molecule has 0 fully saturated rings. The molecule has 2 rings (SSSR count). The van der Waals surface area contributed by atoms with Gasteiger partial charge in [0.05, 0.1) is 5.69 Å². The van der Waals surface area contributed by atoms with Crippen LogP contribution in [0, 0.1) is 27.7 Å². The predicted molar refractivity (Wildman–Crippen MR) is 93.4 cm³/mol. The number of nitrogens with one attached hydrogen (secondary N) is 1. The fourth-order valence-corrected chi connectivity index (χ4v) is 3.15. The van der Waals surface area contributed by atoms with E-state index in [0.29, 0.717) is 11.3 Å². The molecule has 6 heteroatoms. The number of carboxylic acid groups (broad SMARTS) is 1. The van der Waals surface area contributed by atoms with E-state index in [-0.39, 0.29) is 18.2 Å². The van der Waals surface area contributed by atoms with Gasteiger partial charge in [-0.3, -0.25) is 4.79 Å². The van der Waals surface area contributed by atoms with Crippen LogP contribution < -0.4 is 5.32 Å². The Balaban J connectivity index is 2.16. The lowest BCUT2D eigenvalue weighted by Crippen LogP contribution is -2.34. The molecular formula is C19H24N2O4. The number of carbonyl (C=O) groups is 2. The van der Waals surface area contributed by atoms with Crippen LogP contribution in [0.4, 0.5) is 0 Å². The number of amides is 1. The smallest absolute Gasteiger partial charge is 0.330 e. The van der Waals surface area contributed by atoms with Crippen molar-refractivity contribution in [1.82, 2.24) is 10.5 Å². The third kappa shape index (κ3) is 4.07. The molecule has 2 unspecified atom stereocenters. The largest absolute Gasteiger partial charge is 0.479 e. The highest BCUT2D eigenvalue weighted by Crippen LogP contribution is 2.26. The summed E-state index contributed by atoms with van der Waals surface area (Å²) in [5.41, 5.74) is 4.11. The topological polar surface area (TPSA) is 92.4 Å². The Morgan fingerprint density at radius 2 is 1.92 bits per heavy atom. The van der Waals surface area contributed by atoms with Gasteiger partial charge in [0.15, 0.2) is 6.04 Å². The second-order valence-electron chi connectivity index (χ2n) is 6.47. The normalized spacial score (nSPS) is 13.3. The van der Waals surface area contributed by atoms with Gasteiger partial charge in [0.1, 0.15) is 5.76 Å². The monoisotopic (exact) mass is 344 g/mol. The molecule has 0 aliphatic rings. The molecule has 0 aliphatic carbocycles. The number of aromatic nitrogens is 1. The summed E-state index contributed by atoms with van der Waals surface area (Å²) in [7, 11) is 0. The fraction of sp³-hybridized carbons (Fsp3) is 0.421. The molecule has 0 aliphatic heterocycles. The number of aryl methyl sites for hydroxylation is 3. The number of hydrogen-bond donors (Lipinski definition) is 2. The van der Waals surface area contributed by atoms with Gasteiger partial charge in [-0.1, -0.05) is 30.3 Å². The van der Waals surface area contributed by atoms with Gasteiger partial charge in [-0.2, -0.15) is 0 Å². The van der Waals surface area contributed by atoms with E-state index in [1.807, 2.05) is 33.8 Å². The van der Waals surface area contributed by atoms with E-state index in [2.05, 4.69) is 10.5 Å². The molecule has 25 heavy (non-hydrogen) atoms. The summed E-state index contributed by atoms with van der Waals surface area (Å²) in [6, 6.07) is 4.38. The maximum atomic E-state index is 12.4. The minimum atomic E-state index is -1.08. The molecular weight excluding hydrogens is 320 g/mol. The molecule has 0 saturated carbocycles. The van der Waals surface area contributed by atoms with Gasteiger partial charge in [-0.25, -0.2) is 4.79 Å². The van der Waals surface area contributed by atoms with Crippen molar-refractivity contribution in [2.45, 2.75) is 53.0 Å². The lowest BCUT2D eigenvalue weighted by molar-refractivity contribution is -0.142. The number of aliphatic carboxylic acids is 1. The van der Waals surface area contributed by atoms with Gasteiger partial charge in [-0.15, -0.1) is 0 Å². The summed E-state index contributed by atoms with van der Waals surface area (Å²) < 4.78 is 5.14. The van der Waals surface area contributed by atoms with Crippen molar-refractivity contribution in [2.75, 3.05) is 0 Å². The van der Waals surface area contributed by atoms with Crippen LogP contribution in [0.25, 0.3) is 0 Å². The number of carboxylic acids is 1. The molecule has 1 aromatic carbocycles. The summed E-state index contributed by atoms with van der Waals surface area (Å²) in [5.74, 6) is -0.825. The minimum Gasteiger partial charge on any atom is -0.479 e. The first-order chi connectivity index (χ1) is 11.7. The van der Waals surface area contributed by atoms with Crippen LogP contribution in [0.2, 0.25) is 0 Å². The van der Waals surface area contributed by atoms with Crippen LogP contribution in [0.1, 0.15) is 59.0 Å². The van der Waals surface area contributed by atoms with E-state index in [1.165, 1.54) is 0 Å². The van der Waals surface area contributed by atoms with Crippen molar-refractivity contribution >= 4 is 11.9 Å². The Labute approximate surface area is 147 Å². The van der Waals surface area contributed by atoms with Gasteiger partial charge in [0, 0.05) is 12.0 Å². The number of nitrogens with zero attached hydrogens (tertiary/aromatic N) is 1. The van der Waals surface area contributed by atoms with Crippen LogP contribution in [0.5, 0.6) is 0 Å². The lowest BCUT2D eigenvalue weighted by atomic mass is 9.94. The first kappa shape index (κ1) is 18.7. The van der Waals surface area contributed by atoms with Crippen LogP contribution in [0.3, 0.4) is 0 Å². The molecule has 1 heterocycles. The average Bonchev–Trinajstić information content (AvgIpc) is 2.86. The third-order valence-corrected chi connectivity index (χ3v) is 4.58. The zero-order valence-corrected chi connectivity index (χ0v) is 15.2. The van der Waals surface area contributed by atoms with E-state index in [4.69, 9.17) is 4.52 Å². The molecule has 2 N–H and O–H groups in total. The molecule has 0 spiro atoms. The summed E-state index contributed by atoms with van der Waals surface area (Å²) >= 11 is 0. The van der Waals surface area contributed by atoms with Crippen LogP contribution in [-0.2, 0) is 9.59 Å². The van der Waals surface area contributed by atoms with Crippen LogP contribution in [0.15, 0.2) is 22.7 Å². The van der Waals surface area contributed by atoms with Crippen molar-refractivity contribution in [2.24, 2.45) is 0 Å². The summed E-state index contributed by atoms with van der Waals surface area (Å²) in [5, 5.41) is 16.1. The second kappa shape index (κ2) is 7.51. The Hall–Kier alpha value is -2.63. The summed E-state index contributed by atoms with van der Waals surface area (Å²) in [4.78, 5) is 24.1. The minimum absolute atomic E-state index is 0.112. The third-order valence-electron chi connectivity index (χ3n) is 4.58. The van der Waals surface area contributed by atoms with Crippen molar-refractivity contribution < 1.29 is 19.2 Å². The molecule has 1 amide bonds. The van der Waals surface area contributed by atoms with E-state index in [0.717, 1.165) is 22.4 Å². The van der Waals surface area contributed by atoms with E-state index in [1.54, 1.807) is 19.1 Å². The molecule has 1 aromatic heterocycles. The van der Waals surface area contributed by atoms with Gasteiger partial charge in [-0.05, 0) is 50.3 Å². The number of carbonyl (C=O) groups excluding carboxylic acids is 1. The van der Waals surface area contributed by atoms with Crippen LogP contribution in [-0.4, -0.2) is 22.1 Å². The number of rotatable bonds is 6. The second-order valence-corrected chi connectivity index (χ2v) is 6.47. The van der Waals surface area contributed by atoms with Gasteiger partial charge in [0.25, 0.3) is 0 Å². The first-order valence-corrected chi connectivity index (χ1v) is 8.23. The highest BCUT2D eigenvalue weighted by atomic mass is 16.5. The van der Waals surface area contributed by atoms with E-state index >= 15 is 0 Å². The lowest BCUT2D eigenvalue weighted by Gasteiger charge is -2.19. The van der Waals surface area contributed by atoms with E-state index in [9.17, 15) is 14.7 Å². The van der Waals surface area contributed by atoms with Gasteiger partial charge >= 0.3 is 5.97 Å². The quantitative estimate of drug-likeness (QED) is 0.838. The zero-order valence-electron chi connectivity index (χ0n) is 15.2. The molecule has 0 saturated heterocycles. The van der Waals surface area contributed by atoms with Crippen LogP contribution >= 0.6 is 0 Å². The Morgan fingerprint density at radius 3 is 2.48 bits per heavy atom. The zero-order chi connectivity index (χ0) is 18.7. The van der Waals surface area contributed by atoms with Crippen molar-refractivity contribution in [3.05, 3.63) is 51.9 Å². The number of hydrogen-bond acceptors (Lipinski definition) is 4. The SMILES string of the molecule is Cc1cccc(C(NC(=O)CC(C)c2c(C)noc2C)C(=O)O)c1C. The molecule has 134 valence electrons. The predicted octanol–water partition coefficient (Wildman–Crippen LogP) is 3.34. The highest BCUT2D eigenvalue weighted by Gasteiger charge is 2.26. The highest BCUT2D eigenvalue weighted by molar-refractivity contribution is 5.85. The maximum Gasteiger partial charge on any atom is 0.330 e. The number of benzene rings is 1. The molecule has 2 atom stereocenters. The van der Waals surface area contributed by atoms with Gasteiger partial charge < -0.3 is 14.9 Å². The van der Waals surface area contributed by atoms with Crippen molar-refractivity contribution in [1.29, 1.82) is 0 Å². The fourth-order valence-electron chi connectivity index (χ4n) is 3.15. The first-order valence-electron chi connectivity index (χ1n) is 8.23. The Morgan fingerprint density at radius 1 is 1.24 bits per heavy atom. The van der Waals surface area contributed by atoms with Crippen molar-refractivity contribution in [3.8, 4) is 0 Å². The Kier molecular flexibility index (Phi) is 5.62. The molecule has 0 radical (unpaired) electrons. The van der Waals surface area contributed by atoms with Gasteiger partial charge in [0.2, 0.25) is 5.91 Å².